The number of rotatable bonds is 4. The first-order valence-corrected chi connectivity index (χ1v) is 6.69. The minimum Gasteiger partial charge on any atom is -0.330 e. The SMILES string of the molecule is NCCCc1cn(-c2ccc(Br)c(C(F)(F)F)c2)nn1. The molecule has 4 nitrogen and oxygen atoms in total. The first kappa shape index (κ1) is 15.0. The number of nitrogens with zero attached hydrogens (tertiary/aromatic N) is 3. The van der Waals surface area contributed by atoms with Gasteiger partial charge >= 0.3 is 6.18 Å². The van der Waals surface area contributed by atoms with E-state index in [1.807, 2.05) is 0 Å². The minimum absolute atomic E-state index is 0.00257. The average molecular weight is 349 g/mol. The van der Waals surface area contributed by atoms with E-state index in [1.54, 1.807) is 12.3 Å². The average Bonchev–Trinajstić information content (AvgIpc) is 2.84. The topological polar surface area (TPSA) is 56.7 Å². The zero-order chi connectivity index (χ0) is 14.8. The molecule has 0 spiro atoms. The summed E-state index contributed by atoms with van der Waals surface area (Å²) in [5, 5.41) is 7.74. The number of hydrogen-bond donors (Lipinski definition) is 1. The van der Waals surface area contributed by atoms with Crippen LogP contribution in [-0.4, -0.2) is 21.5 Å². The summed E-state index contributed by atoms with van der Waals surface area (Å²) < 4.78 is 39.8. The number of alkyl halides is 3. The van der Waals surface area contributed by atoms with Crippen molar-refractivity contribution in [3.8, 4) is 5.69 Å². The van der Waals surface area contributed by atoms with Crippen molar-refractivity contribution in [2.45, 2.75) is 19.0 Å². The molecule has 2 rings (SSSR count). The fourth-order valence-electron chi connectivity index (χ4n) is 1.70. The number of nitrogens with two attached hydrogens (primary N) is 1. The highest BCUT2D eigenvalue weighted by atomic mass is 79.9. The van der Waals surface area contributed by atoms with Gasteiger partial charge in [0.2, 0.25) is 0 Å². The van der Waals surface area contributed by atoms with Crippen LogP contribution in [0.15, 0.2) is 28.9 Å². The van der Waals surface area contributed by atoms with E-state index in [0.29, 0.717) is 24.3 Å². The highest BCUT2D eigenvalue weighted by Gasteiger charge is 2.33. The van der Waals surface area contributed by atoms with Crippen molar-refractivity contribution in [1.29, 1.82) is 0 Å². The van der Waals surface area contributed by atoms with Gasteiger partial charge in [-0.25, -0.2) is 4.68 Å². The van der Waals surface area contributed by atoms with Gasteiger partial charge in [0, 0.05) is 4.47 Å². The molecule has 1 aromatic heterocycles. The molecule has 2 N–H and O–H groups in total. The summed E-state index contributed by atoms with van der Waals surface area (Å²) in [6, 6.07) is 3.92. The van der Waals surface area contributed by atoms with E-state index in [1.165, 1.54) is 10.7 Å². The van der Waals surface area contributed by atoms with Gasteiger partial charge in [-0.15, -0.1) is 5.10 Å². The third kappa shape index (κ3) is 3.37. The third-order valence-electron chi connectivity index (χ3n) is 2.70. The van der Waals surface area contributed by atoms with Gasteiger partial charge < -0.3 is 5.73 Å². The van der Waals surface area contributed by atoms with Gasteiger partial charge in [0.15, 0.2) is 0 Å². The van der Waals surface area contributed by atoms with Gasteiger partial charge in [0.25, 0.3) is 0 Å². The van der Waals surface area contributed by atoms with E-state index >= 15 is 0 Å². The molecule has 0 fully saturated rings. The molecule has 108 valence electrons. The second-order valence-corrected chi connectivity index (χ2v) is 5.06. The lowest BCUT2D eigenvalue weighted by molar-refractivity contribution is -0.138. The molecular weight excluding hydrogens is 337 g/mol. The van der Waals surface area contributed by atoms with Gasteiger partial charge in [0.05, 0.1) is 23.1 Å². The Balaban J connectivity index is 2.31. The Bertz CT molecular complexity index is 595. The first-order chi connectivity index (χ1) is 9.41. The van der Waals surface area contributed by atoms with Crippen LogP contribution in [-0.2, 0) is 12.6 Å². The molecule has 8 heteroatoms. The predicted molar refractivity (Wildman–Crippen MR) is 71.4 cm³/mol. The second-order valence-electron chi connectivity index (χ2n) is 4.21. The lowest BCUT2D eigenvalue weighted by Crippen LogP contribution is -2.07. The van der Waals surface area contributed by atoms with Gasteiger partial charge in [0.1, 0.15) is 0 Å². The quantitative estimate of drug-likeness (QED) is 0.924. The van der Waals surface area contributed by atoms with Crippen molar-refractivity contribution >= 4 is 15.9 Å². The van der Waals surface area contributed by atoms with Crippen LogP contribution in [0.5, 0.6) is 0 Å². The van der Waals surface area contributed by atoms with E-state index in [9.17, 15) is 13.2 Å². The fraction of sp³-hybridized carbons (Fsp3) is 0.333. The Hall–Kier alpha value is -1.41. The molecule has 2 aromatic rings. The highest BCUT2D eigenvalue weighted by Crippen LogP contribution is 2.35. The zero-order valence-corrected chi connectivity index (χ0v) is 11.9. The van der Waals surface area contributed by atoms with Gasteiger partial charge in [-0.1, -0.05) is 21.1 Å². The fourth-order valence-corrected chi connectivity index (χ4v) is 2.17. The number of aromatic nitrogens is 3. The smallest absolute Gasteiger partial charge is 0.330 e. The van der Waals surface area contributed by atoms with Crippen molar-refractivity contribution < 1.29 is 13.2 Å². The maximum atomic E-state index is 12.8. The van der Waals surface area contributed by atoms with Crippen LogP contribution < -0.4 is 5.73 Å². The molecule has 0 radical (unpaired) electrons. The summed E-state index contributed by atoms with van der Waals surface area (Å²) in [7, 11) is 0. The maximum Gasteiger partial charge on any atom is 0.417 e. The summed E-state index contributed by atoms with van der Waals surface area (Å²) in [5.74, 6) is 0. The standard InChI is InChI=1S/C12H12BrF3N4/c13-11-4-3-9(6-10(11)12(14,15)16)20-7-8(18-19-20)2-1-5-17/h3-4,6-7H,1-2,5,17H2. The van der Waals surface area contributed by atoms with E-state index in [2.05, 4.69) is 26.2 Å². The van der Waals surface area contributed by atoms with E-state index in [-0.39, 0.29) is 4.47 Å². The maximum absolute atomic E-state index is 12.8. The summed E-state index contributed by atoms with van der Waals surface area (Å²) in [5.41, 5.74) is 5.66. The van der Waals surface area contributed by atoms with Crippen LogP contribution in [0.3, 0.4) is 0 Å². The van der Waals surface area contributed by atoms with Crippen LogP contribution in [0.25, 0.3) is 5.69 Å². The lowest BCUT2D eigenvalue weighted by atomic mass is 10.2. The first-order valence-electron chi connectivity index (χ1n) is 5.90. The van der Waals surface area contributed by atoms with Crippen molar-refractivity contribution in [3.63, 3.8) is 0 Å². The molecule has 1 heterocycles. The molecule has 0 atom stereocenters. The Morgan fingerprint density at radius 1 is 1.30 bits per heavy atom. The molecule has 1 aromatic carbocycles. The van der Waals surface area contributed by atoms with Crippen LogP contribution in [0.4, 0.5) is 13.2 Å². The number of hydrogen-bond acceptors (Lipinski definition) is 3. The molecule has 20 heavy (non-hydrogen) atoms. The number of benzene rings is 1. The van der Waals surface area contributed by atoms with Crippen molar-refractivity contribution in [1.82, 2.24) is 15.0 Å². The predicted octanol–water partition coefficient (Wildman–Crippen LogP) is 2.94. The molecule has 0 unspecified atom stereocenters. The molecule has 0 amide bonds. The monoisotopic (exact) mass is 348 g/mol. The van der Waals surface area contributed by atoms with E-state index < -0.39 is 11.7 Å². The van der Waals surface area contributed by atoms with Crippen molar-refractivity contribution in [2.24, 2.45) is 5.73 Å². The van der Waals surface area contributed by atoms with E-state index in [0.717, 1.165) is 12.5 Å². The Labute approximate surface area is 121 Å². The van der Waals surface area contributed by atoms with Crippen LogP contribution in [0, 0.1) is 0 Å². The molecule has 0 bridgehead atoms. The van der Waals surface area contributed by atoms with Crippen molar-refractivity contribution in [2.75, 3.05) is 6.54 Å². The van der Waals surface area contributed by atoms with Crippen molar-refractivity contribution in [3.05, 3.63) is 40.1 Å². The zero-order valence-electron chi connectivity index (χ0n) is 10.4. The normalized spacial score (nSPS) is 11.8. The van der Waals surface area contributed by atoms with Gasteiger partial charge in [-0.3, -0.25) is 0 Å². The Morgan fingerprint density at radius 2 is 2.05 bits per heavy atom. The number of aryl methyl sites for hydroxylation is 1. The molecule has 0 saturated heterocycles. The number of halogens is 4. The van der Waals surface area contributed by atoms with Gasteiger partial charge in [-0.05, 0) is 37.6 Å². The third-order valence-corrected chi connectivity index (χ3v) is 3.39. The molecular formula is C12H12BrF3N4. The van der Waals surface area contributed by atoms with E-state index in [4.69, 9.17) is 5.73 Å². The molecule has 0 aliphatic rings. The highest BCUT2D eigenvalue weighted by molar-refractivity contribution is 9.10. The second kappa shape index (κ2) is 5.92. The van der Waals surface area contributed by atoms with Crippen LogP contribution >= 0.6 is 15.9 Å². The molecule has 0 aliphatic carbocycles. The summed E-state index contributed by atoms with van der Waals surface area (Å²) in [6.45, 7) is 0.531. The largest absolute Gasteiger partial charge is 0.417 e. The summed E-state index contributed by atoms with van der Waals surface area (Å²) in [6.07, 6.45) is -1.40. The molecule has 0 saturated carbocycles. The van der Waals surface area contributed by atoms with Crippen LogP contribution in [0.1, 0.15) is 17.7 Å². The van der Waals surface area contributed by atoms with Gasteiger partial charge in [-0.2, -0.15) is 13.2 Å². The Morgan fingerprint density at radius 3 is 2.70 bits per heavy atom. The Kier molecular flexibility index (Phi) is 4.44. The lowest BCUT2D eigenvalue weighted by Gasteiger charge is -2.10. The summed E-state index contributed by atoms with van der Waals surface area (Å²) in [4.78, 5) is 0. The summed E-state index contributed by atoms with van der Waals surface area (Å²) >= 11 is 2.90. The van der Waals surface area contributed by atoms with Crippen LogP contribution in [0.2, 0.25) is 0 Å². The molecule has 0 aliphatic heterocycles. The minimum atomic E-state index is -4.42.